The third kappa shape index (κ3) is 3.10. The quantitative estimate of drug-likeness (QED) is 0.670. The number of rotatable bonds is 5. The summed E-state index contributed by atoms with van der Waals surface area (Å²) in [6.45, 7) is 0.856. The van der Waals surface area contributed by atoms with Crippen molar-refractivity contribution in [1.82, 2.24) is 4.57 Å². The monoisotopic (exact) mass is 286 g/mol. The van der Waals surface area contributed by atoms with Gasteiger partial charge >= 0.3 is 0 Å². The maximum absolute atomic E-state index is 9.32. The molecule has 0 radical (unpaired) electrons. The molecular formula is C20H18N2. The third-order valence-corrected chi connectivity index (χ3v) is 3.85. The van der Waals surface area contributed by atoms with Crippen LogP contribution in [0.2, 0.25) is 0 Å². The predicted octanol–water partition coefficient (Wildman–Crippen LogP) is 4.66. The summed E-state index contributed by atoms with van der Waals surface area (Å²) < 4.78 is 2.12. The summed E-state index contributed by atoms with van der Waals surface area (Å²) in [4.78, 5) is 0. The van der Waals surface area contributed by atoms with E-state index in [0.717, 1.165) is 36.3 Å². The van der Waals surface area contributed by atoms with Gasteiger partial charge in [-0.15, -0.1) is 0 Å². The van der Waals surface area contributed by atoms with Gasteiger partial charge in [-0.2, -0.15) is 5.26 Å². The second-order valence-electron chi connectivity index (χ2n) is 5.32. The topological polar surface area (TPSA) is 28.7 Å². The Balaban J connectivity index is 1.78. The molecule has 0 amide bonds. The van der Waals surface area contributed by atoms with Crippen LogP contribution in [0.4, 0.5) is 0 Å². The molecule has 0 fully saturated rings. The van der Waals surface area contributed by atoms with Crippen LogP contribution in [0.1, 0.15) is 17.7 Å². The van der Waals surface area contributed by atoms with Crippen molar-refractivity contribution >= 4 is 0 Å². The average Bonchev–Trinajstić information content (AvgIpc) is 2.99. The molecule has 0 spiro atoms. The number of benzene rings is 2. The van der Waals surface area contributed by atoms with Crippen LogP contribution in [0.3, 0.4) is 0 Å². The van der Waals surface area contributed by atoms with Crippen LogP contribution in [-0.2, 0) is 13.0 Å². The molecule has 0 N–H and O–H groups in total. The number of hydrogen-bond donors (Lipinski definition) is 0. The van der Waals surface area contributed by atoms with Gasteiger partial charge in [0, 0.05) is 12.2 Å². The molecule has 0 saturated heterocycles. The molecule has 0 bridgehead atoms. The van der Waals surface area contributed by atoms with Crippen LogP contribution >= 0.6 is 0 Å². The molecule has 0 aliphatic carbocycles. The Hall–Kier alpha value is -2.79. The second kappa shape index (κ2) is 6.78. The highest BCUT2D eigenvalue weighted by atomic mass is 15.0. The van der Waals surface area contributed by atoms with Crippen LogP contribution in [0.15, 0.2) is 72.8 Å². The van der Waals surface area contributed by atoms with E-state index in [9.17, 15) is 5.26 Å². The Bertz CT molecular complexity index is 764. The highest BCUT2D eigenvalue weighted by molar-refractivity contribution is 5.61. The van der Waals surface area contributed by atoms with E-state index in [1.807, 2.05) is 36.4 Å². The molecule has 0 aliphatic heterocycles. The van der Waals surface area contributed by atoms with Crippen LogP contribution in [0.25, 0.3) is 11.3 Å². The smallest absolute Gasteiger partial charge is 0.120 e. The van der Waals surface area contributed by atoms with E-state index in [1.54, 1.807) is 0 Å². The summed E-state index contributed by atoms with van der Waals surface area (Å²) in [6.07, 6.45) is 2.05. The standard InChI is InChI=1S/C20H18N2/c21-16-19-13-14-20(18-11-5-2-6-12-18)22(19)15-7-10-17-8-3-1-4-9-17/h1-6,8-9,11-14H,7,10,15H2. The van der Waals surface area contributed by atoms with Crippen LogP contribution in [0, 0.1) is 11.3 Å². The lowest BCUT2D eigenvalue weighted by molar-refractivity contribution is 0.645. The van der Waals surface area contributed by atoms with E-state index in [1.165, 1.54) is 5.56 Å². The van der Waals surface area contributed by atoms with Gasteiger partial charge < -0.3 is 4.57 Å². The average molecular weight is 286 g/mol. The fraction of sp³-hybridized carbons (Fsp3) is 0.150. The lowest BCUT2D eigenvalue weighted by Crippen LogP contribution is -2.04. The molecular weight excluding hydrogens is 268 g/mol. The summed E-state index contributed by atoms with van der Waals surface area (Å²) in [5.74, 6) is 0. The lowest BCUT2D eigenvalue weighted by atomic mass is 10.1. The number of hydrogen-bond acceptors (Lipinski definition) is 1. The van der Waals surface area contributed by atoms with E-state index in [-0.39, 0.29) is 0 Å². The van der Waals surface area contributed by atoms with E-state index >= 15 is 0 Å². The molecule has 0 aliphatic rings. The minimum atomic E-state index is 0.729. The Morgan fingerprint density at radius 3 is 2.18 bits per heavy atom. The SMILES string of the molecule is N#Cc1ccc(-c2ccccc2)n1CCCc1ccccc1. The molecule has 3 aromatic rings. The Labute approximate surface area is 131 Å². The van der Waals surface area contributed by atoms with Gasteiger partial charge in [-0.05, 0) is 36.1 Å². The zero-order valence-electron chi connectivity index (χ0n) is 12.4. The minimum absolute atomic E-state index is 0.729. The van der Waals surface area contributed by atoms with Crippen molar-refractivity contribution < 1.29 is 0 Å². The summed E-state index contributed by atoms with van der Waals surface area (Å²) in [6, 6.07) is 27.0. The van der Waals surface area contributed by atoms with Crippen molar-refractivity contribution in [3.8, 4) is 17.3 Å². The maximum atomic E-state index is 9.32. The summed E-state index contributed by atoms with van der Waals surface area (Å²) in [5, 5.41) is 9.32. The van der Waals surface area contributed by atoms with Gasteiger partial charge in [-0.3, -0.25) is 0 Å². The zero-order valence-corrected chi connectivity index (χ0v) is 12.4. The van der Waals surface area contributed by atoms with Gasteiger partial charge in [-0.25, -0.2) is 0 Å². The lowest BCUT2D eigenvalue weighted by Gasteiger charge is -2.11. The van der Waals surface area contributed by atoms with Crippen molar-refractivity contribution in [2.24, 2.45) is 0 Å². The van der Waals surface area contributed by atoms with Crippen molar-refractivity contribution in [3.05, 3.63) is 84.1 Å². The first-order chi connectivity index (χ1) is 10.9. The molecule has 0 atom stereocenters. The minimum Gasteiger partial charge on any atom is -0.332 e. The second-order valence-corrected chi connectivity index (χ2v) is 5.32. The molecule has 2 aromatic carbocycles. The Morgan fingerprint density at radius 2 is 1.50 bits per heavy atom. The first kappa shape index (κ1) is 14.2. The van der Waals surface area contributed by atoms with E-state index in [0.29, 0.717) is 0 Å². The predicted molar refractivity (Wildman–Crippen MR) is 89.3 cm³/mol. The van der Waals surface area contributed by atoms with Crippen LogP contribution in [-0.4, -0.2) is 4.57 Å². The summed E-state index contributed by atoms with van der Waals surface area (Å²) in [7, 11) is 0. The van der Waals surface area contributed by atoms with E-state index < -0.39 is 0 Å². The maximum Gasteiger partial charge on any atom is 0.120 e. The molecule has 0 unspecified atom stereocenters. The molecule has 22 heavy (non-hydrogen) atoms. The summed E-state index contributed by atoms with van der Waals surface area (Å²) >= 11 is 0. The van der Waals surface area contributed by atoms with Gasteiger partial charge in [0.15, 0.2) is 0 Å². The van der Waals surface area contributed by atoms with Crippen molar-refractivity contribution in [1.29, 1.82) is 5.26 Å². The van der Waals surface area contributed by atoms with Crippen LogP contribution < -0.4 is 0 Å². The van der Waals surface area contributed by atoms with Gasteiger partial charge in [0.1, 0.15) is 11.8 Å². The van der Waals surface area contributed by atoms with Crippen molar-refractivity contribution in [2.45, 2.75) is 19.4 Å². The first-order valence-electron chi connectivity index (χ1n) is 7.57. The van der Waals surface area contributed by atoms with E-state index in [4.69, 9.17) is 0 Å². The molecule has 0 saturated carbocycles. The normalized spacial score (nSPS) is 10.3. The van der Waals surface area contributed by atoms with Gasteiger partial charge in [0.2, 0.25) is 0 Å². The number of aryl methyl sites for hydroxylation is 1. The number of aromatic nitrogens is 1. The highest BCUT2D eigenvalue weighted by Crippen LogP contribution is 2.23. The van der Waals surface area contributed by atoms with E-state index in [2.05, 4.69) is 47.0 Å². The van der Waals surface area contributed by atoms with Crippen molar-refractivity contribution in [2.75, 3.05) is 0 Å². The van der Waals surface area contributed by atoms with Crippen molar-refractivity contribution in [3.63, 3.8) is 0 Å². The molecule has 3 rings (SSSR count). The number of nitrogens with zero attached hydrogens (tertiary/aromatic N) is 2. The zero-order chi connectivity index (χ0) is 15.2. The Morgan fingerprint density at radius 1 is 0.818 bits per heavy atom. The third-order valence-electron chi connectivity index (χ3n) is 3.85. The molecule has 1 aromatic heterocycles. The Kier molecular flexibility index (Phi) is 4.36. The van der Waals surface area contributed by atoms with Gasteiger partial charge in [-0.1, -0.05) is 60.7 Å². The molecule has 108 valence electrons. The largest absolute Gasteiger partial charge is 0.332 e. The summed E-state index contributed by atoms with van der Waals surface area (Å²) in [5.41, 5.74) is 4.34. The fourth-order valence-corrected chi connectivity index (χ4v) is 2.75. The fourth-order valence-electron chi connectivity index (χ4n) is 2.75. The molecule has 2 nitrogen and oxygen atoms in total. The van der Waals surface area contributed by atoms with Gasteiger partial charge in [0.05, 0.1) is 0 Å². The first-order valence-corrected chi connectivity index (χ1v) is 7.57. The highest BCUT2D eigenvalue weighted by Gasteiger charge is 2.09. The molecule has 2 heteroatoms. The van der Waals surface area contributed by atoms with Crippen LogP contribution in [0.5, 0.6) is 0 Å². The van der Waals surface area contributed by atoms with Gasteiger partial charge in [0.25, 0.3) is 0 Å². The molecule has 1 heterocycles. The number of nitriles is 1.